The summed E-state index contributed by atoms with van der Waals surface area (Å²) in [5, 5.41) is 8.52. The Morgan fingerprint density at radius 1 is 1.47 bits per heavy atom. The van der Waals surface area contributed by atoms with Crippen LogP contribution in [0.2, 0.25) is 0 Å². The van der Waals surface area contributed by atoms with E-state index in [4.69, 9.17) is 5.26 Å². The zero-order chi connectivity index (χ0) is 10.8. The molecule has 1 saturated carbocycles. The van der Waals surface area contributed by atoms with Crippen LogP contribution in [0.25, 0.3) is 0 Å². The Kier molecular flexibility index (Phi) is 2.81. The topological polar surface area (TPSA) is 28.7 Å². The molecular weight excluding hydrogens is 184 g/mol. The number of aryl methyl sites for hydroxylation is 2. The van der Waals surface area contributed by atoms with Gasteiger partial charge in [-0.25, -0.2) is 0 Å². The summed E-state index contributed by atoms with van der Waals surface area (Å²) < 4.78 is 2.47. The summed E-state index contributed by atoms with van der Waals surface area (Å²) in [5.41, 5.74) is 4.25. The molecule has 1 aromatic heterocycles. The van der Waals surface area contributed by atoms with Gasteiger partial charge in [0.05, 0.1) is 6.07 Å². The second-order valence-electron chi connectivity index (χ2n) is 4.51. The molecule has 0 unspecified atom stereocenters. The molecule has 0 radical (unpaired) electrons. The summed E-state index contributed by atoms with van der Waals surface area (Å²) >= 11 is 0. The lowest BCUT2D eigenvalue weighted by Gasteiger charge is -2.07. The van der Waals surface area contributed by atoms with Crippen LogP contribution in [0.3, 0.4) is 0 Å². The van der Waals surface area contributed by atoms with Crippen molar-refractivity contribution < 1.29 is 0 Å². The number of unbranched alkanes of at least 4 members (excludes halogenated alkanes) is 1. The monoisotopic (exact) mass is 202 g/mol. The van der Waals surface area contributed by atoms with Crippen LogP contribution in [-0.4, -0.2) is 4.57 Å². The molecule has 0 amide bonds. The van der Waals surface area contributed by atoms with Gasteiger partial charge in [-0.3, -0.25) is 0 Å². The van der Waals surface area contributed by atoms with E-state index in [-0.39, 0.29) is 0 Å². The molecule has 2 rings (SSSR count). The van der Waals surface area contributed by atoms with E-state index in [1.807, 2.05) is 0 Å². The highest BCUT2D eigenvalue weighted by molar-refractivity contribution is 5.28. The normalized spacial score (nSPS) is 15.3. The number of aromatic nitrogens is 1. The Labute approximate surface area is 91.5 Å². The Bertz CT molecular complexity index is 391. The van der Waals surface area contributed by atoms with Gasteiger partial charge < -0.3 is 4.57 Å². The third-order valence-electron chi connectivity index (χ3n) is 3.24. The first kappa shape index (κ1) is 10.3. The first-order chi connectivity index (χ1) is 7.24. The maximum atomic E-state index is 8.52. The predicted molar refractivity (Wildman–Crippen MR) is 60.7 cm³/mol. The van der Waals surface area contributed by atoms with Crippen molar-refractivity contribution in [3.8, 4) is 6.07 Å². The van der Waals surface area contributed by atoms with Gasteiger partial charge in [-0.1, -0.05) is 0 Å². The molecular formula is C13H18N2. The van der Waals surface area contributed by atoms with E-state index in [1.165, 1.54) is 29.8 Å². The highest BCUT2D eigenvalue weighted by Gasteiger charge is 2.26. The van der Waals surface area contributed by atoms with Crippen molar-refractivity contribution in [2.75, 3.05) is 0 Å². The predicted octanol–water partition coefficient (Wildman–Crippen LogP) is 3.29. The quantitative estimate of drug-likeness (QED) is 0.689. The summed E-state index contributed by atoms with van der Waals surface area (Å²) in [6.45, 7) is 4.41. The molecule has 1 aliphatic carbocycles. The second-order valence-corrected chi connectivity index (χ2v) is 4.51. The third kappa shape index (κ3) is 2.07. The molecule has 1 aromatic rings. The van der Waals surface area contributed by atoms with Gasteiger partial charge in [-0.2, -0.15) is 5.26 Å². The lowest BCUT2D eigenvalue weighted by atomic mass is 10.1. The van der Waals surface area contributed by atoms with E-state index >= 15 is 0 Å². The summed E-state index contributed by atoms with van der Waals surface area (Å²) in [4.78, 5) is 0. The van der Waals surface area contributed by atoms with Crippen LogP contribution in [-0.2, 0) is 6.42 Å². The minimum absolute atomic E-state index is 0.674. The molecule has 80 valence electrons. The van der Waals surface area contributed by atoms with Crippen molar-refractivity contribution >= 4 is 0 Å². The summed E-state index contributed by atoms with van der Waals surface area (Å²) in [6, 6.07) is 5.28. The van der Waals surface area contributed by atoms with Gasteiger partial charge in [0.1, 0.15) is 0 Å². The highest BCUT2D eigenvalue weighted by atomic mass is 15.1. The van der Waals surface area contributed by atoms with E-state index in [0.29, 0.717) is 6.42 Å². The van der Waals surface area contributed by atoms with Crippen LogP contribution < -0.4 is 0 Å². The maximum absolute atomic E-state index is 8.52. The van der Waals surface area contributed by atoms with Gasteiger partial charge in [-0.15, -0.1) is 0 Å². The van der Waals surface area contributed by atoms with Crippen molar-refractivity contribution in [2.45, 2.75) is 52.0 Å². The first-order valence-corrected chi connectivity index (χ1v) is 5.78. The Morgan fingerprint density at radius 3 is 2.80 bits per heavy atom. The fraction of sp³-hybridized carbons (Fsp3) is 0.615. The molecule has 1 heterocycles. The number of hydrogen-bond acceptors (Lipinski definition) is 1. The lowest BCUT2D eigenvalue weighted by molar-refractivity contribution is 0.693. The van der Waals surface area contributed by atoms with Crippen molar-refractivity contribution in [1.82, 2.24) is 4.57 Å². The van der Waals surface area contributed by atoms with Gasteiger partial charge >= 0.3 is 0 Å². The van der Waals surface area contributed by atoms with Gasteiger partial charge in [0.25, 0.3) is 0 Å². The molecule has 0 saturated heterocycles. The zero-order valence-corrected chi connectivity index (χ0v) is 9.58. The molecule has 0 N–H and O–H groups in total. The van der Waals surface area contributed by atoms with E-state index < -0.39 is 0 Å². The molecule has 15 heavy (non-hydrogen) atoms. The lowest BCUT2D eigenvalue weighted by Crippen LogP contribution is -1.99. The van der Waals surface area contributed by atoms with Crippen LogP contribution in [0.4, 0.5) is 0 Å². The van der Waals surface area contributed by atoms with Crippen molar-refractivity contribution in [2.24, 2.45) is 0 Å². The third-order valence-corrected chi connectivity index (χ3v) is 3.24. The largest absolute Gasteiger partial charge is 0.346 e. The molecule has 0 atom stereocenters. The minimum atomic E-state index is 0.674. The molecule has 2 heteroatoms. The van der Waals surface area contributed by atoms with Crippen molar-refractivity contribution in [1.29, 1.82) is 5.26 Å². The van der Waals surface area contributed by atoms with Crippen LogP contribution in [0.15, 0.2) is 6.07 Å². The molecule has 1 fully saturated rings. The number of nitriles is 1. The smallest absolute Gasteiger partial charge is 0.0621 e. The first-order valence-electron chi connectivity index (χ1n) is 5.78. The average molecular weight is 202 g/mol. The Hall–Kier alpha value is -1.23. The molecule has 0 aliphatic heterocycles. The summed E-state index contributed by atoms with van der Waals surface area (Å²) in [7, 11) is 0. The van der Waals surface area contributed by atoms with E-state index in [9.17, 15) is 0 Å². The van der Waals surface area contributed by atoms with Gasteiger partial charge in [0, 0.05) is 23.9 Å². The fourth-order valence-corrected chi connectivity index (χ4v) is 2.35. The number of nitrogens with zero attached hydrogens (tertiary/aromatic N) is 2. The molecule has 0 bridgehead atoms. The SMILES string of the molecule is Cc1cc(CCCC#N)c(C)n1C1CC1. The van der Waals surface area contributed by atoms with Crippen molar-refractivity contribution in [3.05, 3.63) is 23.0 Å². The van der Waals surface area contributed by atoms with Gasteiger partial charge in [-0.05, 0) is 51.2 Å². The molecule has 0 spiro atoms. The van der Waals surface area contributed by atoms with Crippen molar-refractivity contribution in [3.63, 3.8) is 0 Å². The zero-order valence-electron chi connectivity index (χ0n) is 9.58. The molecule has 2 nitrogen and oxygen atoms in total. The Morgan fingerprint density at radius 2 is 2.20 bits per heavy atom. The van der Waals surface area contributed by atoms with Crippen LogP contribution in [0, 0.1) is 25.2 Å². The maximum Gasteiger partial charge on any atom is 0.0621 e. The molecule has 1 aliphatic rings. The molecule has 0 aromatic carbocycles. The second kappa shape index (κ2) is 4.10. The van der Waals surface area contributed by atoms with Gasteiger partial charge in [0.2, 0.25) is 0 Å². The van der Waals surface area contributed by atoms with E-state index in [0.717, 1.165) is 18.9 Å². The van der Waals surface area contributed by atoms with Crippen LogP contribution in [0.5, 0.6) is 0 Å². The standard InChI is InChI=1S/C13H18N2/c1-10-9-12(5-3-4-8-14)11(2)15(10)13-6-7-13/h9,13H,3-7H2,1-2H3. The number of rotatable bonds is 4. The summed E-state index contributed by atoms with van der Waals surface area (Å²) in [6.07, 6.45) is 5.40. The average Bonchev–Trinajstić information content (AvgIpc) is 2.97. The Balaban J connectivity index is 2.11. The van der Waals surface area contributed by atoms with Crippen LogP contribution >= 0.6 is 0 Å². The van der Waals surface area contributed by atoms with Crippen LogP contribution in [0.1, 0.15) is 48.7 Å². The fourth-order valence-electron chi connectivity index (χ4n) is 2.35. The number of hydrogen-bond donors (Lipinski definition) is 0. The van der Waals surface area contributed by atoms with E-state index in [1.54, 1.807) is 0 Å². The highest BCUT2D eigenvalue weighted by Crippen LogP contribution is 2.38. The van der Waals surface area contributed by atoms with Gasteiger partial charge in [0.15, 0.2) is 0 Å². The minimum Gasteiger partial charge on any atom is -0.346 e. The summed E-state index contributed by atoms with van der Waals surface area (Å²) in [5.74, 6) is 0. The van der Waals surface area contributed by atoms with E-state index in [2.05, 4.69) is 30.6 Å².